The van der Waals surface area contributed by atoms with Gasteiger partial charge in [-0.15, -0.1) is 0 Å². The van der Waals surface area contributed by atoms with Gasteiger partial charge in [0.25, 0.3) is 0 Å². The Morgan fingerprint density at radius 2 is 2.09 bits per heavy atom. The van der Waals surface area contributed by atoms with Crippen LogP contribution in [0.15, 0.2) is 28.7 Å². The highest BCUT2D eigenvalue weighted by Gasteiger charge is 2.27. The molecular formula is C17H18BrNO4. The summed E-state index contributed by atoms with van der Waals surface area (Å²) in [5.41, 5.74) is 1.76. The van der Waals surface area contributed by atoms with E-state index in [0.717, 1.165) is 4.47 Å². The number of carbonyl (C=O) groups is 2. The van der Waals surface area contributed by atoms with Gasteiger partial charge in [0.15, 0.2) is 5.78 Å². The molecule has 1 unspecified atom stereocenters. The average molecular weight is 380 g/mol. The minimum absolute atomic E-state index is 0.195. The Balaban J connectivity index is 2.56. The number of aromatic amines is 1. The first-order chi connectivity index (χ1) is 10.9. The fraction of sp³-hybridized carbons (Fsp3) is 0.294. The Labute approximate surface area is 142 Å². The quantitative estimate of drug-likeness (QED) is 0.614. The molecule has 1 aromatic heterocycles. The maximum atomic E-state index is 12.8. The number of nitrogens with one attached hydrogen (secondary N) is 1. The van der Waals surface area contributed by atoms with E-state index < -0.39 is 12.1 Å². The Kier molecular flexibility index (Phi) is 5.38. The molecule has 0 aliphatic rings. The van der Waals surface area contributed by atoms with Crippen LogP contribution in [0.5, 0.6) is 0 Å². The van der Waals surface area contributed by atoms with Crippen molar-refractivity contribution < 1.29 is 19.4 Å². The van der Waals surface area contributed by atoms with Crippen LogP contribution in [0.4, 0.5) is 0 Å². The molecule has 122 valence electrons. The van der Waals surface area contributed by atoms with E-state index in [1.165, 1.54) is 6.92 Å². The first kappa shape index (κ1) is 17.4. The maximum Gasteiger partial charge on any atom is 0.355 e. The fourth-order valence-corrected chi connectivity index (χ4v) is 2.80. The number of hydrogen-bond acceptors (Lipinski definition) is 4. The number of rotatable bonds is 5. The third kappa shape index (κ3) is 3.54. The van der Waals surface area contributed by atoms with Crippen molar-refractivity contribution >= 4 is 27.7 Å². The van der Waals surface area contributed by atoms with E-state index >= 15 is 0 Å². The van der Waals surface area contributed by atoms with Gasteiger partial charge < -0.3 is 14.8 Å². The largest absolute Gasteiger partial charge is 0.461 e. The second-order valence-electron chi connectivity index (χ2n) is 5.15. The Morgan fingerprint density at radius 1 is 1.39 bits per heavy atom. The number of aliphatic hydroxyl groups is 1. The highest BCUT2D eigenvalue weighted by atomic mass is 79.9. The second kappa shape index (κ2) is 7.10. The molecule has 2 N–H and O–H groups in total. The number of esters is 1. The average Bonchev–Trinajstić information content (AvgIpc) is 2.84. The lowest BCUT2D eigenvalue weighted by Gasteiger charge is -2.07. The van der Waals surface area contributed by atoms with E-state index in [2.05, 4.69) is 20.9 Å². The molecule has 2 aromatic rings. The predicted molar refractivity (Wildman–Crippen MR) is 89.7 cm³/mol. The van der Waals surface area contributed by atoms with Crippen molar-refractivity contribution in [3.05, 3.63) is 56.8 Å². The number of halogens is 1. The molecular weight excluding hydrogens is 362 g/mol. The highest BCUT2D eigenvalue weighted by molar-refractivity contribution is 9.10. The van der Waals surface area contributed by atoms with Crippen molar-refractivity contribution in [2.45, 2.75) is 26.9 Å². The van der Waals surface area contributed by atoms with E-state index in [9.17, 15) is 14.7 Å². The Morgan fingerprint density at radius 3 is 2.65 bits per heavy atom. The van der Waals surface area contributed by atoms with E-state index in [1.807, 2.05) is 6.07 Å². The SMILES string of the molecule is CCOC(=O)c1[nH]c(C(C)O)c(C(=O)c2cccc(Br)c2)c1C. The molecule has 23 heavy (non-hydrogen) atoms. The smallest absolute Gasteiger partial charge is 0.355 e. The van der Waals surface area contributed by atoms with Crippen LogP contribution in [0.1, 0.15) is 57.6 Å². The summed E-state index contributed by atoms with van der Waals surface area (Å²) < 4.78 is 5.77. The molecule has 2 rings (SSSR count). The van der Waals surface area contributed by atoms with Crippen LogP contribution in [0.3, 0.4) is 0 Å². The molecule has 0 aliphatic heterocycles. The molecule has 0 saturated heterocycles. The number of H-pyrrole nitrogens is 1. The van der Waals surface area contributed by atoms with Crippen molar-refractivity contribution in [3.8, 4) is 0 Å². The molecule has 1 heterocycles. The van der Waals surface area contributed by atoms with Gasteiger partial charge in [-0.2, -0.15) is 0 Å². The van der Waals surface area contributed by atoms with Crippen LogP contribution >= 0.6 is 15.9 Å². The van der Waals surface area contributed by atoms with Gasteiger partial charge in [-0.05, 0) is 38.5 Å². The van der Waals surface area contributed by atoms with Crippen LogP contribution in [-0.4, -0.2) is 28.4 Å². The summed E-state index contributed by atoms with van der Waals surface area (Å²) in [6.07, 6.45) is -0.914. The molecule has 0 saturated carbocycles. The lowest BCUT2D eigenvalue weighted by Crippen LogP contribution is -2.08. The number of carbonyl (C=O) groups excluding carboxylic acids is 2. The van der Waals surface area contributed by atoms with Crippen LogP contribution in [-0.2, 0) is 4.74 Å². The summed E-state index contributed by atoms with van der Waals surface area (Å²) in [6, 6.07) is 6.97. The summed E-state index contributed by atoms with van der Waals surface area (Å²) in [6.45, 7) is 5.15. The van der Waals surface area contributed by atoms with Gasteiger partial charge in [0.05, 0.1) is 18.4 Å². The van der Waals surface area contributed by atoms with E-state index in [4.69, 9.17) is 4.74 Å². The van der Waals surface area contributed by atoms with Crippen LogP contribution < -0.4 is 0 Å². The maximum absolute atomic E-state index is 12.8. The number of aliphatic hydroxyl groups excluding tert-OH is 1. The monoisotopic (exact) mass is 379 g/mol. The van der Waals surface area contributed by atoms with Gasteiger partial charge in [-0.1, -0.05) is 28.1 Å². The minimum Gasteiger partial charge on any atom is -0.461 e. The summed E-state index contributed by atoms with van der Waals surface area (Å²) in [4.78, 5) is 27.7. The Hall–Kier alpha value is -1.92. The molecule has 5 nitrogen and oxygen atoms in total. The van der Waals surface area contributed by atoms with Crippen molar-refractivity contribution in [3.63, 3.8) is 0 Å². The summed E-state index contributed by atoms with van der Waals surface area (Å²) in [5, 5.41) is 9.96. The standard InChI is InChI=1S/C17H18BrNO4/c1-4-23-17(22)14-9(2)13(15(19-14)10(3)20)16(21)11-6-5-7-12(18)8-11/h5-8,10,19-20H,4H2,1-3H3. The molecule has 0 radical (unpaired) electrons. The van der Waals surface area contributed by atoms with Gasteiger partial charge in [0, 0.05) is 15.6 Å². The Bertz CT molecular complexity index is 749. The normalized spacial score (nSPS) is 12.0. The molecule has 0 aliphatic carbocycles. The number of benzene rings is 1. The molecule has 0 spiro atoms. The van der Waals surface area contributed by atoms with Gasteiger partial charge >= 0.3 is 5.97 Å². The minimum atomic E-state index is -0.914. The van der Waals surface area contributed by atoms with Gasteiger partial charge in [0.1, 0.15) is 5.69 Å². The number of aromatic nitrogens is 1. The zero-order valence-electron chi connectivity index (χ0n) is 13.1. The predicted octanol–water partition coefficient (Wildman–Crippen LogP) is 3.55. The summed E-state index contributed by atoms with van der Waals surface area (Å²) in [5.74, 6) is -0.799. The van der Waals surface area contributed by atoms with Gasteiger partial charge in [-0.3, -0.25) is 4.79 Å². The third-order valence-corrected chi connectivity index (χ3v) is 3.98. The molecule has 1 aromatic carbocycles. The number of hydrogen-bond donors (Lipinski definition) is 2. The van der Waals surface area contributed by atoms with Crippen molar-refractivity contribution in [1.82, 2.24) is 4.98 Å². The zero-order chi connectivity index (χ0) is 17.1. The first-order valence-corrected chi connectivity index (χ1v) is 8.04. The van der Waals surface area contributed by atoms with Crippen LogP contribution in [0, 0.1) is 6.92 Å². The second-order valence-corrected chi connectivity index (χ2v) is 6.07. The zero-order valence-corrected chi connectivity index (χ0v) is 14.7. The van der Waals surface area contributed by atoms with Crippen molar-refractivity contribution in [1.29, 1.82) is 0 Å². The van der Waals surface area contributed by atoms with Crippen LogP contribution in [0.2, 0.25) is 0 Å². The lowest BCUT2D eigenvalue weighted by atomic mass is 9.98. The molecule has 1 atom stereocenters. The first-order valence-electron chi connectivity index (χ1n) is 7.24. The van der Waals surface area contributed by atoms with E-state index in [1.54, 1.807) is 32.0 Å². The van der Waals surface area contributed by atoms with E-state index in [0.29, 0.717) is 22.4 Å². The van der Waals surface area contributed by atoms with Crippen molar-refractivity contribution in [2.24, 2.45) is 0 Å². The molecule has 0 bridgehead atoms. The fourth-order valence-electron chi connectivity index (χ4n) is 2.41. The topological polar surface area (TPSA) is 79.4 Å². The third-order valence-electron chi connectivity index (χ3n) is 3.49. The van der Waals surface area contributed by atoms with E-state index in [-0.39, 0.29) is 18.1 Å². The molecule has 6 heteroatoms. The highest BCUT2D eigenvalue weighted by Crippen LogP contribution is 2.27. The number of ether oxygens (including phenoxy) is 1. The molecule has 0 amide bonds. The summed E-state index contributed by atoms with van der Waals surface area (Å²) >= 11 is 3.33. The van der Waals surface area contributed by atoms with Gasteiger partial charge in [0.2, 0.25) is 0 Å². The van der Waals surface area contributed by atoms with Gasteiger partial charge in [-0.25, -0.2) is 4.79 Å². The number of ketones is 1. The summed E-state index contributed by atoms with van der Waals surface area (Å²) in [7, 11) is 0. The lowest BCUT2D eigenvalue weighted by molar-refractivity contribution is 0.0519. The molecule has 0 fully saturated rings. The van der Waals surface area contributed by atoms with Crippen molar-refractivity contribution in [2.75, 3.05) is 6.61 Å². The van der Waals surface area contributed by atoms with Crippen LogP contribution in [0.25, 0.3) is 0 Å².